The number of rotatable bonds is 3. The standard InChI is InChI=1S/C19H19F2NS/c1-22(2)9-3-4-16-17-10-14(20)6-5-13(17)12-23-19-8-7-15(21)11-18(16)19/h4-8,10-11H,3,9,12H2,1-2H3. The molecule has 0 saturated carbocycles. The number of halogens is 2. The van der Waals surface area contributed by atoms with Gasteiger partial charge in [-0.05, 0) is 73.1 Å². The van der Waals surface area contributed by atoms with Crippen LogP contribution in [0.5, 0.6) is 0 Å². The number of hydrogen-bond donors (Lipinski definition) is 0. The fourth-order valence-electron chi connectivity index (χ4n) is 2.75. The number of fused-ring (bicyclic) bond motifs is 2. The summed E-state index contributed by atoms with van der Waals surface area (Å²) in [5.74, 6) is 0.244. The van der Waals surface area contributed by atoms with Gasteiger partial charge in [0.2, 0.25) is 0 Å². The third-order valence-corrected chi connectivity index (χ3v) is 5.02. The second-order valence-electron chi connectivity index (χ2n) is 5.94. The Kier molecular flexibility index (Phi) is 4.83. The maximum Gasteiger partial charge on any atom is 0.123 e. The van der Waals surface area contributed by atoms with E-state index in [9.17, 15) is 8.78 Å². The molecule has 0 saturated heterocycles. The third kappa shape index (κ3) is 3.65. The monoisotopic (exact) mass is 331 g/mol. The predicted molar refractivity (Wildman–Crippen MR) is 92.6 cm³/mol. The molecule has 0 fully saturated rings. The van der Waals surface area contributed by atoms with E-state index in [2.05, 4.69) is 11.0 Å². The highest BCUT2D eigenvalue weighted by Crippen LogP contribution is 2.40. The van der Waals surface area contributed by atoms with E-state index in [1.807, 2.05) is 26.2 Å². The lowest BCUT2D eigenvalue weighted by atomic mass is 9.93. The van der Waals surface area contributed by atoms with Crippen molar-refractivity contribution in [1.29, 1.82) is 0 Å². The molecule has 0 amide bonds. The van der Waals surface area contributed by atoms with Crippen LogP contribution in [0.25, 0.3) is 5.57 Å². The number of nitrogens with zero attached hydrogens (tertiary/aromatic N) is 1. The van der Waals surface area contributed by atoms with Crippen molar-refractivity contribution in [3.63, 3.8) is 0 Å². The minimum absolute atomic E-state index is 0.257. The van der Waals surface area contributed by atoms with Crippen molar-refractivity contribution in [1.82, 2.24) is 4.90 Å². The van der Waals surface area contributed by atoms with E-state index in [-0.39, 0.29) is 11.6 Å². The van der Waals surface area contributed by atoms with E-state index < -0.39 is 0 Å². The van der Waals surface area contributed by atoms with Crippen LogP contribution >= 0.6 is 11.8 Å². The van der Waals surface area contributed by atoms with Gasteiger partial charge in [0.15, 0.2) is 0 Å². The predicted octanol–water partition coefficient (Wildman–Crippen LogP) is 4.95. The Hall–Kier alpha value is -1.65. The Morgan fingerprint density at radius 2 is 1.74 bits per heavy atom. The van der Waals surface area contributed by atoms with Crippen molar-refractivity contribution in [2.45, 2.75) is 17.1 Å². The van der Waals surface area contributed by atoms with Gasteiger partial charge in [0.05, 0.1) is 0 Å². The summed E-state index contributed by atoms with van der Waals surface area (Å²) in [5, 5.41) is 0. The molecule has 0 aromatic heterocycles. The van der Waals surface area contributed by atoms with Crippen molar-refractivity contribution in [2.75, 3.05) is 20.6 Å². The molecule has 1 aliphatic heterocycles. The van der Waals surface area contributed by atoms with Gasteiger partial charge in [-0.2, -0.15) is 0 Å². The van der Waals surface area contributed by atoms with E-state index in [0.717, 1.165) is 45.9 Å². The Balaban J connectivity index is 2.13. The van der Waals surface area contributed by atoms with Gasteiger partial charge >= 0.3 is 0 Å². The minimum atomic E-state index is -0.261. The van der Waals surface area contributed by atoms with Crippen LogP contribution in [-0.2, 0) is 5.75 Å². The maximum absolute atomic E-state index is 13.8. The average Bonchev–Trinajstić information content (AvgIpc) is 2.64. The van der Waals surface area contributed by atoms with Gasteiger partial charge in [0.1, 0.15) is 11.6 Å². The highest BCUT2D eigenvalue weighted by Gasteiger charge is 2.19. The first-order valence-electron chi connectivity index (χ1n) is 7.61. The molecule has 0 unspecified atom stereocenters. The molecule has 0 atom stereocenters. The van der Waals surface area contributed by atoms with E-state index >= 15 is 0 Å². The Morgan fingerprint density at radius 1 is 1.04 bits per heavy atom. The van der Waals surface area contributed by atoms with Gasteiger partial charge in [-0.15, -0.1) is 11.8 Å². The molecule has 1 heterocycles. The SMILES string of the molecule is CN(C)CCC=C1c2cc(F)ccc2CSc2ccc(F)cc21. The molecule has 1 aliphatic rings. The maximum atomic E-state index is 13.8. The topological polar surface area (TPSA) is 3.24 Å². The van der Waals surface area contributed by atoms with Gasteiger partial charge in [-0.3, -0.25) is 0 Å². The van der Waals surface area contributed by atoms with Crippen LogP contribution in [0.3, 0.4) is 0 Å². The first kappa shape index (κ1) is 16.2. The van der Waals surface area contributed by atoms with Crippen LogP contribution in [0.1, 0.15) is 23.1 Å². The first-order valence-corrected chi connectivity index (χ1v) is 8.59. The van der Waals surface area contributed by atoms with Crippen molar-refractivity contribution in [3.8, 4) is 0 Å². The van der Waals surface area contributed by atoms with Crippen LogP contribution in [0, 0.1) is 11.6 Å². The summed E-state index contributed by atoms with van der Waals surface area (Å²) in [4.78, 5) is 3.14. The van der Waals surface area contributed by atoms with E-state index in [0.29, 0.717) is 0 Å². The summed E-state index contributed by atoms with van der Waals surface area (Å²) in [6, 6.07) is 9.76. The molecule has 4 heteroatoms. The van der Waals surface area contributed by atoms with Crippen molar-refractivity contribution >= 4 is 17.3 Å². The Bertz CT molecular complexity index is 698. The highest BCUT2D eigenvalue weighted by atomic mass is 32.2. The molecule has 2 aromatic carbocycles. The van der Waals surface area contributed by atoms with E-state index in [1.54, 1.807) is 23.9 Å². The van der Waals surface area contributed by atoms with Gasteiger partial charge in [-0.1, -0.05) is 12.1 Å². The number of hydrogen-bond acceptors (Lipinski definition) is 2. The second-order valence-corrected chi connectivity index (χ2v) is 6.96. The smallest absolute Gasteiger partial charge is 0.123 e. The third-order valence-electron chi connectivity index (χ3n) is 3.90. The van der Waals surface area contributed by atoms with Gasteiger partial charge in [-0.25, -0.2) is 8.78 Å². The molecule has 2 aromatic rings. The van der Waals surface area contributed by atoms with Crippen LogP contribution < -0.4 is 0 Å². The van der Waals surface area contributed by atoms with Crippen molar-refractivity contribution < 1.29 is 8.78 Å². The number of benzene rings is 2. The zero-order valence-electron chi connectivity index (χ0n) is 13.3. The molecule has 0 spiro atoms. The van der Waals surface area contributed by atoms with Gasteiger partial charge in [0, 0.05) is 17.2 Å². The Labute approximate surface area is 140 Å². The molecule has 1 nitrogen and oxygen atoms in total. The molecular formula is C19H19F2NS. The highest BCUT2D eigenvalue weighted by molar-refractivity contribution is 7.98. The quantitative estimate of drug-likeness (QED) is 0.782. The van der Waals surface area contributed by atoms with Crippen LogP contribution in [0.15, 0.2) is 47.4 Å². The molecule has 3 rings (SSSR count). The normalized spacial score (nSPS) is 15.4. The minimum Gasteiger partial charge on any atom is -0.309 e. The molecular weight excluding hydrogens is 312 g/mol. The molecule has 120 valence electrons. The lowest BCUT2D eigenvalue weighted by Crippen LogP contribution is -2.12. The zero-order valence-corrected chi connectivity index (χ0v) is 14.1. The second kappa shape index (κ2) is 6.85. The van der Waals surface area contributed by atoms with Crippen molar-refractivity contribution in [3.05, 3.63) is 70.8 Å². The Morgan fingerprint density at radius 3 is 2.48 bits per heavy atom. The molecule has 0 bridgehead atoms. The molecule has 0 radical (unpaired) electrons. The summed E-state index contributed by atoms with van der Waals surface area (Å²) >= 11 is 1.67. The summed E-state index contributed by atoms with van der Waals surface area (Å²) in [6.07, 6.45) is 2.93. The summed E-state index contributed by atoms with van der Waals surface area (Å²) in [5.41, 5.74) is 3.75. The lowest BCUT2D eigenvalue weighted by molar-refractivity contribution is 0.417. The summed E-state index contributed by atoms with van der Waals surface area (Å²) < 4.78 is 27.6. The van der Waals surface area contributed by atoms with E-state index in [4.69, 9.17) is 0 Å². The summed E-state index contributed by atoms with van der Waals surface area (Å²) in [6.45, 7) is 0.895. The fourth-order valence-corrected chi connectivity index (χ4v) is 3.80. The molecule has 0 N–H and O–H groups in total. The first-order chi connectivity index (χ1) is 11.0. The van der Waals surface area contributed by atoms with Gasteiger partial charge in [0.25, 0.3) is 0 Å². The number of thioether (sulfide) groups is 1. The van der Waals surface area contributed by atoms with E-state index in [1.165, 1.54) is 12.1 Å². The van der Waals surface area contributed by atoms with Crippen LogP contribution in [0.4, 0.5) is 8.78 Å². The molecule has 0 aliphatic carbocycles. The zero-order chi connectivity index (χ0) is 16.4. The van der Waals surface area contributed by atoms with Crippen LogP contribution in [0.2, 0.25) is 0 Å². The molecule has 23 heavy (non-hydrogen) atoms. The van der Waals surface area contributed by atoms with Crippen LogP contribution in [-0.4, -0.2) is 25.5 Å². The average molecular weight is 331 g/mol. The largest absolute Gasteiger partial charge is 0.309 e. The fraction of sp³-hybridized carbons (Fsp3) is 0.263. The lowest BCUT2D eigenvalue weighted by Gasteiger charge is -2.13. The summed E-state index contributed by atoms with van der Waals surface area (Å²) in [7, 11) is 4.03. The van der Waals surface area contributed by atoms with Gasteiger partial charge < -0.3 is 4.90 Å². The van der Waals surface area contributed by atoms with Crippen molar-refractivity contribution in [2.24, 2.45) is 0 Å².